The smallest absolute Gasteiger partial charge is 0.326 e. The normalized spacial score (nSPS) is 19.3. The summed E-state index contributed by atoms with van der Waals surface area (Å²) >= 11 is 0. The molecule has 0 radical (unpaired) electrons. The summed E-state index contributed by atoms with van der Waals surface area (Å²) in [6.07, 6.45) is 4.70. The predicted octanol–water partition coefficient (Wildman–Crippen LogP) is 0.288. The second-order valence-corrected chi connectivity index (χ2v) is 16.7. The highest BCUT2D eigenvalue weighted by atomic mass is 16.4. The van der Waals surface area contributed by atoms with Crippen molar-refractivity contribution in [1.29, 1.82) is 0 Å². The van der Waals surface area contributed by atoms with Gasteiger partial charge >= 0.3 is 11.9 Å². The monoisotopic (exact) mass is 817 g/mol. The van der Waals surface area contributed by atoms with Crippen molar-refractivity contribution in [3.8, 4) is 0 Å². The van der Waals surface area contributed by atoms with E-state index < -0.39 is 89.7 Å². The van der Waals surface area contributed by atoms with E-state index in [1.807, 2.05) is 41.5 Å². The summed E-state index contributed by atoms with van der Waals surface area (Å²) in [6, 6.07) is -7.48. The Morgan fingerprint density at radius 3 is 1.66 bits per heavy atom. The second kappa shape index (κ2) is 22.2. The molecule has 0 bridgehead atoms. The predicted molar refractivity (Wildman–Crippen MR) is 210 cm³/mol. The molecule has 3 heterocycles. The highest BCUT2D eigenvalue weighted by Crippen LogP contribution is 2.23. The molecule has 7 atom stereocenters. The highest BCUT2D eigenvalue weighted by Gasteiger charge is 2.41. The van der Waals surface area contributed by atoms with Crippen molar-refractivity contribution >= 4 is 47.4 Å². The molecule has 3 rings (SSSR count). The lowest BCUT2D eigenvalue weighted by Gasteiger charge is -2.32. The van der Waals surface area contributed by atoms with E-state index in [4.69, 9.17) is 10.8 Å². The fourth-order valence-electron chi connectivity index (χ4n) is 7.42. The molecule has 1 aromatic heterocycles. The van der Waals surface area contributed by atoms with Crippen LogP contribution in [0.1, 0.15) is 105 Å². The number of hydrogen-bond acceptors (Lipinski definition) is 10. The molecule has 0 unspecified atom stereocenters. The Morgan fingerprint density at radius 1 is 0.724 bits per heavy atom. The minimum absolute atomic E-state index is 0.0397. The molecule has 324 valence electrons. The summed E-state index contributed by atoms with van der Waals surface area (Å²) in [5, 5.41) is 29.8. The maximum atomic E-state index is 14.1. The molecule has 0 spiro atoms. The Hall–Kier alpha value is -5.07. The molecule has 6 amide bonds. The van der Waals surface area contributed by atoms with Gasteiger partial charge in [0.05, 0.1) is 12.4 Å². The van der Waals surface area contributed by atoms with Gasteiger partial charge in [-0.3, -0.25) is 33.6 Å². The fourth-order valence-corrected chi connectivity index (χ4v) is 7.42. The first-order valence-electron chi connectivity index (χ1n) is 20.3. The Morgan fingerprint density at radius 2 is 1.19 bits per heavy atom. The summed E-state index contributed by atoms with van der Waals surface area (Å²) in [5.74, 6) is -6.02. The largest absolute Gasteiger partial charge is 0.481 e. The van der Waals surface area contributed by atoms with Crippen molar-refractivity contribution in [2.75, 3.05) is 13.1 Å². The van der Waals surface area contributed by atoms with Crippen molar-refractivity contribution in [1.82, 2.24) is 41.0 Å². The molecule has 0 aliphatic carbocycles. The number of carbonyl (C=O) groups excluding carboxylic acids is 6. The average Bonchev–Trinajstić information content (AvgIpc) is 3.94. The lowest BCUT2D eigenvalue weighted by Crippen LogP contribution is -2.60. The van der Waals surface area contributed by atoms with Gasteiger partial charge in [-0.25, -0.2) is 9.78 Å². The molecule has 2 fully saturated rings. The third-order valence-corrected chi connectivity index (χ3v) is 10.3. The van der Waals surface area contributed by atoms with E-state index in [0.717, 1.165) is 0 Å². The zero-order valence-electron chi connectivity index (χ0n) is 34.5. The first-order chi connectivity index (χ1) is 27.3. The topological polar surface area (TPSA) is 286 Å². The van der Waals surface area contributed by atoms with Crippen LogP contribution < -0.4 is 27.0 Å². The van der Waals surface area contributed by atoms with E-state index in [-0.39, 0.29) is 69.4 Å². The maximum Gasteiger partial charge on any atom is 0.326 e. The number of aliphatic carboxylic acids is 2. The number of nitrogens with two attached hydrogens (primary N) is 1. The van der Waals surface area contributed by atoms with E-state index in [0.29, 0.717) is 31.4 Å². The number of imidazole rings is 1. The molecular weight excluding hydrogens is 754 g/mol. The van der Waals surface area contributed by atoms with Crippen molar-refractivity contribution in [2.24, 2.45) is 23.5 Å². The van der Waals surface area contributed by atoms with Crippen LogP contribution in [-0.4, -0.2) is 133 Å². The van der Waals surface area contributed by atoms with Crippen LogP contribution >= 0.6 is 0 Å². The van der Waals surface area contributed by atoms with E-state index >= 15 is 0 Å². The summed E-state index contributed by atoms with van der Waals surface area (Å²) < 4.78 is 0. The van der Waals surface area contributed by atoms with Gasteiger partial charge in [0.25, 0.3) is 0 Å². The minimum Gasteiger partial charge on any atom is -0.481 e. The summed E-state index contributed by atoms with van der Waals surface area (Å²) in [7, 11) is 0. The molecule has 9 N–H and O–H groups in total. The Kier molecular flexibility index (Phi) is 18.1. The number of carboxylic acids is 2. The number of likely N-dealkylation sites (tertiary alicyclic amines) is 2. The summed E-state index contributed by atoms with van der Waals surface area (Å²) in [5.41, 5.74) is 6.49. The minimum atomic E-state index is -1.27. The molecule has 1 aromatic rings. The van der Waals surface area contributed by atoms with Gasteiger partial charge < -0.3 is 52.0 Å². The molecular formula is C39H63N9O10. The number of carbonyl (C=O) groups is 8. The third-order valence-electron chi connectivity index (χ3n) is 10.3. The number of H-pyrrole nitrogens is 1. The Balaban J connectivity index is 1.75. The second-order valence-electron chi connectivity index (χ2n) is 16.7. The van der Waals surface area contributed by atoms with Crippen molar-refractivity contribution < 1.29 is 48.6 Å². The molecule has 0 aromatic carbocycles. The van der Waals surface area contributed by atoms with Gasteiger partial charge in [-0.05, 0) is 69.1 Å². The lowest BCUT2D eigenvalue weighted by molar-refractivity contribution is -0.145. The zero-order valence-corrected chi connectivity index (χ0v) is 34.5. The van der Waals surface area contributed by atoms with Crippen LogP contribution in [0.25, 0.3) is 0 Å². The van der Waals surface area contributed by atoms with E-state index in [1.54, 1.807) is 0 Å². The molecule has 58 heavy (non-hydrogen) atoms. The van der Waals surface area contributed by atoms with Gasteiger partial charge in [0.1, 0.15) is 36.3 Å². The number of aromatic nitrogens is 2. The zero-order chi connectivity index (χ0) is 43.3. The summed E-state index contributed by atoms with van der Waals surface area (Å²) in [6.45, 7) is 11.7. The first kappa shape index (κ1) is 47.3. The van der Waals surface area contributed by atoms with Crippen LogP contribution in [0.15, 0.2) is 12.5 Å². The van der Waals surface area contributed by atoms with Crippen LogP contribution in [0, 0.1) is 17.8 Å². The Labute approximate surface area is 339 Å². The average molecular weight is 818 g/mol. The van der Waals surface area contributed by atoms with Gasteiger partial charge in [-0.1, -0.05) is 41.5 Å². The van der Waals surface area contributed by atoms with Gasteiger partial charge in [0.2, 0.25) is 35.4 Å². The van der Waals surface area contributed by atoms with Gasteiger partial charge in [-0.2, -0.15) is 0 Å². The third kappa shape index (κ3) is 14.1. The lowest BCUT2D eigenvalue weighted by atomic mass is 9.98. The molecule has 19 heteroatoms. The Bertz CT molecular complexity index is 1600. The number of carboxylic acid groups (broad SMARTS) is 2. The number of amides is 6. The van der Waals surface area contributed by atoms with Gasteiger partial charge in [0, 0.05) is 37.8 Å². The van der Waals surface area contributed by atoms with E-state index in [9.17, 15) is 43.5 Å². The van der Waals surface area contributed by atoms with Gasteiger partial charge in [0.15, 0.2) is 0 Å². The standard InChI is InChI=1S/C39H63N9O10/c1-21(2)15-26(43-33(51)27(16-22(3)4)44-35(53)30-9-7-13-47(30)37(55)25(40)11-12-32(49)50)34(52)45-28(17-23(5)6)38(56)48-14-8-10-31(48)36(54)46-29(39(57)58)18-24-19-41-20-42-24/h19-23,25-31H,7-18,40H2,1-6H3,(H,41,42)(H,43,51)(H,44,53)(H,45,52)(H,46,54)(H,49,50)(H,57,58)/t25-,26-,27-,28-,29-,30-,31-/m0/s1. The van der Waals surface area contributed by atoms with Gasteiger partial charge in [-0.15, -0.1) is 0 Å². The van der Waals surface area contributed by atoms with E-state index in [2.05, 4.69) is 31.2 Å². The van der Waals surface area contributed by atoms with Crippen LogP contribution in [0.3, 0.4) is 0 Å². The number of nitrogens with one attached hydrogen (secondary N) is 5. The molecule has 0 saturated carbocycles. The highest BCUT2D eigenvalue weighted by molar-refractivity contribution is 5.97. The molecule has 19 nitrogen and oxygen atoms in total. The van der Waals surface area contributed by atoms with Crippen LogP contribution in [-0.2, 0) is 44.8 Å². The fraction of sp³-hybridized carbons (Fsp3) is 0.718. The van der Waals surface area contributed by atoms with Crippen LogP contribution in [0.2, 0.25) is 0 Å². The van der Waals surface area contributed by atoms with Crippen LogP contribution in [0.5, 0.6) is 0 Å². The SMILES string of the molecule is CC(C)C[C@H](NC(=O)[C@H](CC(C)C)NC(=O)[C@@H]1CCCN1C(=O)[C@@H](N)CCC(=O)O)C(=O)N[C@@H](CC(C)C)C(=O)N1CCC[C@H]1C(=O)N[C@@H](Cc1cnc[nH]1)C(=O)O. The quantitative estimate of drug-likeness (QED) is 0.0784. The molecule has 2 aliphatic heterocycles. The number of aromatic amines is 1. The summed E-state index contributed by atoms with van der Waals surface area (Å²) in [4.78, 5) is 115. The van der Waals surface area contributed by atoms with Crippen LogP contribution in [0.4, 0.5) is 0 Å². The number of nitrogens with zero attached hydrogens (tertiary/aromatic N) is 3. The molecule has 2 saturated heterocycles. The van der Waals surface area contributed by atoms with Crippen molar-refractivity contribution in [3.05, 3.63) is 18.2 Å². The van der Waals surface area contributed by atoms with Crippen molar-refractivity contribution in [3.63, 3.8) is 0 Å². The number of hydrogen-bond donors (Lipinski definition) is 8. The maximum absolute atomic E-state index is 14.1. The first-order valence-corrected chi connectivity index (χ1v) is 20.3. The van der Waals surface area contributed by atoms with E-state index in [1.165, 1.54) is 22.3 Å². The van der Waals surface area contributed by atoms with Crippen molar-refractivity contribution in [2.45, 2.75) is 148 Å². The molecule has 2 aliphatic rings. The number of rotatable bonds is 22.